The van der Waals surface area contributed by atoms with Crippen LogP contribution < -0.4 is 10.2 Å². The minimum absolute atomic E-state index is 0.143. The number of benzene rings is 2. The molecule has 1 N–H and O–H groups in total. The Labute approximate surface area is 194 Å². The highest BCUT2D eigenvalue weighted by Crippen LogP contribution is 2.33. The number of alkyl carbamates (subject to hydrolysis) is 1. The van der Waals surface area contributed by atoms with Crippen LogP contribution in [0.2, 0.25) is 0 Å². The van der Waals surface area contributed by atoms with Gasteiger partial charge in [0.15, 0.2) is 0 Å². The molecule has 4 rings (SSSR count). The second-order valence-electron chi connectivity index (χ2n) is 9.21. The van der Waals surface area contributed by atoms with Gasteiger partial charge in [-0.1, -0.05) is 42.5 Å². The zero-order chi connectivity index (χ0) is 23.4. The zero-order valence-electron chi connectivity index (χ0n) is 19.2. The average Bonchev–Trinajstić information content (AvgIpc) is 3.21. The topological polar surface area (TPSA) is 71.5 Å². The molecular weight excluding hydrogens is 414 g/mol. The number of carbonyl (C=O) groups excluding carboxylic acids is 2. The van der Waals surface area contributed by atoms with Crippen molar-refractivity contribution in [1.29, 1.82) is 0 Å². The Morgan fingerprint density at radius 3 is 2.45 bits per heavy atom. The molecule has 33 heavy (non-hydrogen) atoms. The van der Waals surface area contributed by atoms with E-state index < -0.39 is 17.7 Å². The third kappa shape index (κ3) is 5.58. The van der Waals surface area contributed by atoms with Crippen molar-refractivity contribution in [2.45, 2.75) is 45.3 Å². The lowest BCUT2D eigenvalue weighted by molar-refractivity contribution is -0.120. The summed E-state index contributed by atoms with van der Waals surface area (Å²) in [5, 5.41) is 2.82. The van der Waals surface area contributed by atoms with E-state index in [2.05, 4.69) is 22.4 Å². The maximum absolute atomic E-state index is 13.7. The van der Waals surface area contributed by atoms with E-state index in [0.29, 0.717) is 13.0 Å². The van der Waals surface area contributed by atoms with Crippen molar-refractivity contribution in [2.24, 2.45) is 0 Å². The molecule has 0 saturated carbocycles. The summed E-state index contributed by atoms with van der Waals surface area (Å²) in [5.41, 5.74) is 4.40. The molecule has 1 aromatic heterocycles. The lowest BCUT2D eigenvalue weighted by Crippen LogP contribution is -2.50. The number of pyridine rings is 1. The van der Waals surface area contributed by atoms with Gasteiger partial charge in [0, 0.05) is 31.0 Å². The molecule has 0 fully saturated rings. The Hall–Kier alpha value is -3.67. The van der Waals surface area contributed by atoms with E-state index in [0.717, 1.165) is 34.4 Å². The molecule has 0 spiro atoms. The van der Waals surface area contributed by atoms with Crippen LogP contribution in [0.1, 0.15) is 31.9 Å². The van der Waals surface area contributed by atoms with Crippen LogP contribution in [0, 0.1) is 0 Å². The summed E-state index contributed by atoms with van der Waals surface area (Å²) in [6.45, 7) is 5.99. The number of ether oxygens (including phenoxy) is 1. The van der Waals surface area contributed by atoms with Gasteiger partial charge in [0.1, 0.15) is 11.6 Å². The third-order valence-electron chi connectivity index (χ3n) is 5.53. The first kappa shape index (κ1) is 22.5. The summed E-state index contributed by atoms with van der Waals surface area (Å²) in [6, 6.07) is 19.0. The second kappa shape index (κ2) is 9.45. The fraction of sp³-hybridized carbons (Fsp3) is 0.296. The Balaban J connectivity index is 1.61. The van der Waals surface area contributed by atoms with Crippen LogP contribution in [0.5, 0.6) is 0 Å². The first-order valence-electron chi connectivity index (χ1n) is 11.2. The monoisotopic (exact) mass is 443 g/mol. The van der Waals surface area contributed by atoms with E-state index in [1.807, 2.05) is 48.5 Å². The van der Waals surface area contributed by atoms with Crippen molar-refractivity contribution >= 4 is 17.7 Å². The van der Waals surface area contributed by atoms with Gasteiger partial charge in [-0.2, -0.15) is 0 Å². The number of amides is 2. The van der Waals surface area contributed by atoms with Gasteiger partial charge in [-0.25, -0.2) is 4.79 Å². The summed E-state index contributed by atoms with van der Waals surface area (Å²) in [5.74, 6) is -0.143. The molecule has 170 valence electrons. The zero-order valence-corrected chi connectivity index (χ0v) is 19.2. The summed E-state index contributed by atoms with van der Waals surface area (Å²) >= 11 is 0. The van der Waals surface area contributed by atoms with Crippen LogP contribution in [-0.2, 0) is 22.4 Å². The number of anilines is 1. The smallest absolute Gasteiger partial charge is 0.408 e. The van der Waals surface area contributed by atoms with Crippen LogP contribution in [0.25, 0.3) is 11.1 Å². The minimum atomic E-state index is -0.738. The number of aromatic nitrogens is 1. The number of carbonyl (C=O) groups is 2. The molecule has 1 atom stereocenters. The van der Waals surface area contributed by atoms with Crippen LogP contribution >= 0.6 is 0 Å². The van der Waals surface area contributed by atoms with Gasteiger partial charge < -0.3 is 15.0 Å². The molecule has 6 nitrogen and oxygen atoms in total. The van der Waals surface area contributed by atoms with Crippen molar-refractivity contribution in [1.82, 2.24) is 10.3 Å². The van der Waals surface area contributed by atoms with Gasteiger partial charge in [0.2, 0.25) is 5.91 Å². The van der Waals surface area contributed by atoms with Crippen LogP contribution in [0.4, 0.5) is 10.5 Å². The highest BCUT2D eigenvalue weighted by Gasteiger charge is 2.32. The molecule has 3 aromatic rings. The predicted octanol–water partition coefficient (Wildman–Crippen LogP) is 4.77. The summed E-state index contributed by atoms with van der Waals surface area (Å²) < 4.78 is 5.44. The molecule has 1 aliphatic rings. The standard InChI is InChI=1S/C27H29N3O3/c1-27(2,3)33-26(32)29-23(17-19-7-5-4-6-8-19)25(31)30-16-13-21-9-10-22(18-24(21)30)20-11-14-28-15-12-20/h4-12,14-15,18,23H,13,16-17H2,1-3H3,(H,29,32). The van der Waals surface area contributed by atoms with Crippen molar-refractivity contribution in [2.75, 3.05) is 11.4 Å². The first-order valence-corrected chi connectivity index (χ1v) is 11.2. The first-order chi connectivity index (χ1) is 15.8. The maximum Gasteiger partial charge on any atom is 0.408 e. The van der Waals surface area contributed by atoms with Crippen molar-refractivity contribution in [3.05, 3.63) is 84.2 Å². The summed E-state index contributed by atoms with van der Waals surface area (Å²) in [6.07, 6.45) is 4.08. The summed E-state index contributed by atoms with van der Waals surface area (Å²) in [7, 11) is 0. The number of hydrogen-bond acceptors (Lipinski definition) is 4. The SMILES string of the molecule is CC(C)(C)OC(=O)NC(Cc1ccccc1)C(=O)N1CCc2ccc(-c3ccncc3)cc21. The van der Waals surface area contributed by atoms with Gasteiger partial charge in [-0.3, -0.25) is 9.78 Å². The van der Waals surface area contributed by atoms with Crippen molar-refractivity contribution in [3.63, 3.8) is 0 Å². The second-order valence-corrected chi connectivity index (χ2v) is 9.21. The Bertz CT molecular complexity index is 1120. The van der Waals surface area contributed by atoms with E-state index in [-0.39, 0.29) is 5.91 Å². The lowest BCUT2D eigenvalue weighted by Gasteiger charge is -2.27. The van der Waals surface area contributed by atoms with E-state index in [1.165, 1.54) is 0 Å². The maximum atomic E-state index is 13.7. The molecule has 2 aromatic carbocycles. The highest BCUT2D eigenvalue weighted by atomic mass is 16.6. The van der Waals surface area contributed by atoms with Crippen LogP contribution in [-0.4, -0.2) is 35.2 Å². The average molecular weight is 444 g/mol. The molecule has 6 heteroatoms. The fourth-order valence-electron chi connectivity index (χ4n) is 4.02. The number of nitrogens with one attached hydrogen (secondary N) is 1. The molecule has 1 aliphatic heterocycles. The van der Waals surface area contributed by atoms with Gasteiger partial charge in [-0.15, -0.1) is 0 Å². The van der Waals surface area contributed by atoms with Gasteiger partial charge >= 0.3 is 6.09 Å². The Kier molecular flexibility index (Phi) is 6.45. The minimum Gasteiger partial charge on any atom is -0.444 e. The molecule has 2 heterocycles. The van der Waals surface area contributed by atoms with E-state index in [4.69, 9.17) is 4.74 Å². The molecule has 0 aliphatic carbocycles. The Morgan fingerprint density at radius 2 is 1.76 bits per heavy atom. The quantitative estimate of drug-likeness (QED) is 0.616. The van der Waals surface area contributed by atoms with E-state index in [9.17, 15) is 9.59 Å². The molecule has 0 saturated heterocycles. The molecule has 1 unspecified atom stereocenters. The van der Waals surface area contributed by atoms with Gasteiger partial charge in [0.25, 0.3) is 0 Å². The number of rotatable bonds is 5. The lowest BCUT2D eigenvalue weighted by atomic mass is 10.0. The molecule has 0 radical (unpaired) electrons. The van der Waals surface area contributed by atoms with Crippen molar-refractivity contribution in [3.8, 4) is 11.1 Å². The molecule has 0 bridgehead atoms. The number of hydrogen-bond donors (Lipinski definition) is 1. The normalized spacial score (nSPS) is 13.8. The van der Waals surface area contributed by atoms with Gasteiger partial charge in [0.05, 0.1) is 0 Å². The van der Waals surface area contributed by atoms with Crippen LogP contribution in [0.3, 0.4) is 0 Å². The highest BCUT2D eigenvalue weighted by molar-refractivity contribution is 6.01. The number of fused-ring (bicyclic) bond motifs is 1. The van der Waals surface area contributed by atoms with E-state index >= 15 is 0 Å². The largest absolute Gasteiger partial charge is 0.444 e. The fourth-order valence-corrected chi connectivity index (χ4v) is 4.02. The third-order valence-corrected chi connectivity index (χ3v) is 5.53. The molecular formula is C27H29N3O3. The molecule has 2 amide bonds. The van der Waals surface area contributed by atoms with E-state index in [1.54, 1.807) is 38.1 Å². The van der Waals surface area contributed by atoms with Crippen molar-refractivity contribution < 1.29 is 14.3 Å². The number of nitrogens with zero attached hydrogens (tertiary/aromatic N) is 2. The van der Waals surface area contributed by atoms with Crippen LogP contribution in [0.15, 0.2) is 73.1 Å². The predicted molar refractivity (Wildman–Crippen MR) is 129 cm³/mol. The Morgan fingerprint density at radius 1 is 1.03 bits per heavy atom. The summed E-state index contributed by atoms with van der Waals surface area (Å²) in [4.78, 5) is 32.1. The van der Waals surface area contributed by atoms with Gasteiger partial charge in [-0.05, 0) is 67.6 Å².